The van der Waals surface area contributed by atoms with Crippen LogP contribution in [0.15, 0.2) is 42.5 Å². The first kappa shape index (κ1) is 15.7. The molecule has 0 saturated heterocycles. The maximum Gasteiger partial charge on any atom is 0.257 e. The standard InChI is InChI=1S/C19H20N2OS/c1-12-5-7-13(8-6-12)17(22)21-18-20-15-10-9-14(19(2,3)4)11-16(15)23-18/h5-11H,1-4H3,(H,20,21,22). The van der Waals surface area contributed by atoms with Crippen LogP contribution >= 0.6 is 11.3 Å². The minimum atomic E-state index is -0.125. The van der Waals surface area contributed by atoms with Crippen LogP contribution in [0.1, 0.15) is 42.3 Å². The second-order valence-electron chi connectivity index (χ2n) is 6.77. The van der Waals surface area contributed by atoms with E-state index in [9.17, 15) is 4.79 Å². The van der Waals surface area contributed by atoms with E-state index in [-0.39, 0.29) is 11.3 Å². The number of aromatic nitrogens is 1. The van der Waals surface area contributed by atoms with Crippen LogP contribution in [0.5, 0.6) is 0 Å². The smallest absolute Gasteiger partial charge is 0.257 e. The molecule has 1 N–H and O–H groups in total. The van der Waals surface area contributed by atoms with Gasteiger partial charge in [-0.25, -0.2) is 4.98 Å². The van der Waals surface area contributed by atoms with E-state index in [0.29, 0.717) is 10.7 Å². The monoisotopic (exact) mass is 324 g/mol. The molecule has 2 aromatic carbocycles. The number of hydrogen-bond acceptors (Lipinski definition) is 3. The molecule has 1 amide bonds. The lowest BCUT2D eigenvalue weighted by Crippen LogP contribution is -2.11. The van der Waals surface area contributed by atoms with Gasteiger partial charge in [0.1, 0.15) is 0 Å². The van der Waals surface area contributed by atoms with Gasteiger partial charge in [0, 0.05) is 5.56 Å². The molecule has 118 valence electrons. The van der Waals surface area contributed by atoms with Gasteiger partial charge in [-0.3, -0.25) is 10.1 Å². The Morgan fingerprint density at radius 3 is 2.43 bits per heavy atom. The first-order valence-electron chi connectivity index (χ1n) is 7.62. The largest absolute Gasteiger partial charge is 0.298 e. The number of carbonyl (C=O) groups excluding carboxylic acids is 1. The van der Waals surface area contributed by atoms with Gasteiger partial charge in [0.2, 0.25) is 0 Å². The minimum Gasteiger partial charge on any atom is -0.298 e. The summed E-state index contributed by atoms with van der Waals surface area (Å²) in [5.41, 5.74) is 4.07. The van der Waals surface area contributed by atoms with Gasteiger partial charge in [-0.05, 0) is 42.2 Å². The third kappa shape index (κ3) is 3.42. The molecule has 4 heteroatoms. The fourth-order valence-electron chi connectivity index (χ4n) is 2.32. The van der Waals surface area contributed by atoms with E-state index in [2.05, 4.69) is 43.2 Å². The molecule has 0 spiro atoms. The van der Waals surface area contributed by atoms with Crippen molar-refractivity contribution in [3.05, 3.63) is 59.2 Å². The molecule has 3 aromatic rings. The maximum atomic E-state index is 12.3. The van der Waals surface area contributed by atoms with Gasteiger partial charge in [-0.1, -0.05) is 55.9 Å². The predicted molar refractivity (Wildman–Crippen MR) is 97.5 cm³/mol. The lowest BCUT2D eigenvalue weighted by atomic mass is 9.87. The van der Waals surface area contributed by atoms with E-state index in [1.165, 1.54) is 16.9 Å². The zero-order chi connectivity index (χ0) is 16.6. The topological polar surface area (TPSA) is 42.0 Å². The fourth-order valence-corrected chi connectivity index (χ4v) is 3.22. The second-order valence-corrected chi connectivity index (χ2v) is 7.80. The fraction of sp³-hybridized carbons (Fsp3) is 0.263. The highest BCUT2D eigenvalue weighted by atomic mass is 32.1. The first-order valence-corrected chi connectivity index (χ1v) is 8.44. The van der Waals surface area contributed by atoms with Crippen LogP contribution in [-0.2, 0) is 5.41 Å². The molecule has 1 aromatic heterocycles. The molecular weight excluding hydrogens is 304 g/mol. The van der Waals surface area contributed by atoms with Crippen molar-refractivity contribution in [2.24, 2.45) is 0 Å². The van der Waals surface area contributed by atoms with Crippen LogP contribution in [0, 0.1) is 6.92 Å². The van der Waals surface area contributed by atoms with Gasteiger partial charge in [0.05, 0.1) is 10.2 Å². The molecule has 0 aliphatic heterocycles. The van der Waals surface area contributed by atoms with Gasteiger partial charge in [-0.2, -0.15) is 0 Å². The molecule has 0 atom stereocenters. The number of nitrogens with one attached hydrogen (secondary N) is 1. The number of hydrogen-bond donors (Lipinski definition) is 1. The normalized spacial score (nSPS) is 11.7. The van der Waals surface area contributed by atoms with Crippen molar-refractivity contribution in [1.29, 1.82) is 0 Å². The van der Waals surface area contributed by atoms with Crippen LogP contribution in [0.4, 0.5) is 5.13 Å². The van der Waals surface area contributed by atoms with Crippen molar-refractivity contribution < 1.29 is 4.79 Å². The van der Waals surface area contributed by atoms with Crippen LogP contribution in [0.3, 0.4) is 0 Å². The number of benzene rings is 2. The lowest BCUT2D eigenvalue weighted by Gasteiger charge is -2.18. The van der Waals surface area contributed by atoms with Crippen molar-refractivity contribution in [3.63, 3.8) is 0 Å². The highest BCUT2D eigenvalue weighted by molar-refractivity contribution is 7.22. The summed E-state index contributed by atoms with van der Waals surface area (Å²) in [4.78, 5) is 16.8. The third-order valence-corrected chi connectivity index (χ3v) is 4.72. The van der Waals surface area contributed by atoms with Crippen LogP contribution in [-0.4, -0.2) is 10.9 Å². The van der Waals surface area contributed by atoms with E-state index in [4.69, 9.17) is 0 Å². The molecule has 0 aliphatic carbocycles. The number of rotatable bonds is 2. The molecule has 0 saturated carbocycles. The highest BCUT2D eigenvalue weighted by Crippen LogP contribution is 2.31. The summed E-state index contributed by atoms with van der Waals surface area (Å²) in [6, 6.07) is 13.8. The summed E-state index contributed by atoms with van der Waals surface area (Å²) in [5.74, 6) is -0.125. The molecule has 23 heavy (non-hydrogen) atoms. The van der Waals surface area contributed by atoms with E-state index < -0.39 is 0 Å². The average Bonchev–Trinajstić information content (AvgIpc) is 2.88. The molecular formula is C19H20N2OS. The number of nitrogens with zero attached hydrogens (tertiary/aromatic N) is 1. The summed E-state index contributed by atoms with van der Waals surface area (Å²) in [6.45, 7) is 8.57. The van der Waals surface area contributed by atoms with Crippen molar-refractivity contribution in [2.75, 3.05) is 5.32 Å². The number of fused-ring (bicyclic) bond motifs is 1. The van der Waals surface area contributed by atoms with Gasteiger partial charge >= 0.3 is 0 Å². The van der Waals surface area contributed by atoms with Gasteiger partial charge < -0.3 is 0 Å². The Hall–Kier alpha value is -2.20. The second kappa shape index (κ2) is 5.78. The Morgan fingerprint density at radius 2 is 1.78 bits per heavy atom. The van der Waals surface area contributed by atoms with Crippen molar-refractivity contribution in [2.45, 2.75) is 33.1 Å². The predicted octanol–water partition coefficient (Wildman–Crippen LogP) is 5.15. The van der Waals surface area contributed by atoms with Crippen molar-refractivity contribution in [1.82, 2.24) is 4.98 Å². The number of amides is 1. The average molecular weight is 324 g/mol. The molecule has 0 unspecified atom stereocenters. The van der Waals surface area contributed by atoms with E-state index in [1.54, 1.807) is 0 Å². The molecule has 1 heterocycles. The van der Waals surface area contributed by atoms with Crippen LogP contribution in [0.25, 0.3) is 10.2 Å². The first-order chi connectivity index (χ1) is 10.8. The number of aryl methyl sites for hydroxylation is 1. The number of thiazole rings is 1. The Morgan fingerprint density at radius 1 is 1.09 bits per heavy atom. The van der Waals surface area contributed by atoms with E-state index in [1.807, 2.05) is 37.3 Å². The molecule has 3 nitrogen and oxygen atoms in total. The number of anilines is 1. The van der Waals surface area contributed by atoms with E-state index >= 15 is 0 Å². The Kier molecular flexibility index (Phi) is 3.94. The molecule has 0 bridgehead atoms. The van der Waals surface area contributed by atoms with E-state index in [0.717, 1.165) is 15.8 Å². The van der Waals surface area contributed by atoms with Crippen LogP contribution in [0.2, 0.25) is 0 Å². The van der Waals surface area contributed by atoms with Crippen molar-refractivity contribution >= 4 is 32.6 Å². The highest BCUT2D eigenvalue weighted by Gasteiger charge is 2.16. The van der Waals surface area contributed by atoms with Gasteiger partial charge in [0.15, 0.2) is 5.13 Å². The summed E-state index contributed by atoms with van der Waals surface area (Å²) in [7, 11) is 0. The summed E-state index contributed by atoms with van der Waals surface area (Å²) >= 11 is 1.51. The zero-order valence-electron chi connectivity index (χ0n) is 13.8. The Balaban J connectivity index is 1.86. The SMILES string of the molecule is Cc1ccc(C(=O)Nc2nc3ccc(C(C)(C)C)cc3s2)cc1. The maximum absolute atomic E-state index is 12.3. The third-order valence-electron chi connectivity index (χ3n) is 3.79. The Labute approximate surface area is 140 Å². The number of carbonyl (C=O) groups is 1. The zero-order valence-corrected chi connectivity index (χ0v) is 14.6. The molecule has 0 radical (unpaired) electrons. The minimum absolute atomic E-state index is 0.101. The molecule has 3 rings (SSSR count). The quantitative estimate of drug-likeness (QED) is 0.708. The van der Waals surface area contributed by atoms with Crippen molar-refractivity contribution in [3.8, 4) is 0 Å². The summed E-state index contributed by atoms with van der Waals surface area (Å²) < 4.78 is 1.09. The molecule has 0 fully saturated rings. The molecule has 0 aliphatic rings. The lowest BCUT2D eigenvalue weighted by molar-refractivity contribution is 0.102. The van der Waals surface area contributed by atoms with Crippen LogP contribution < -0.4 is 5.32 Å². The Bertz CT molecular complexity index is 857. The van der Waals surface area contributed by atoms with Gasteiger partial charge in [0.25, 0.3) is 5.91 Å². The summed E-state index contributed by atoms with van der Waals surface area (Å²) in [5, 5.41) is 3.53. The van der Waals surface area contributed by atoms with Gasteiger partial charge in [-0.15, -0.1) is 0 Å². The summed E-state index contributed by atoms with van der Waals surface area (Å²) in [6.07, 6.45) is 0.